The minimum atomic E-state index is -3.80. The van der Waals surface area contributed by atoms with Crippen molar-refractivity contribution in [3.63, 3.8) is 0 Å². The highest BCUT2D eigenvalue weighted by Gasteiger charge is 2.35. The number of nitro groups is 1. The van der Waals surface area contributed by atoms with Crippen molar-refractivity contribution in [3.8, 4) is 0 Å². The van der Waals surface area contributed by atoms with Gasteiger partial charge in [-0.3, -0.25) is 14.8 Å². The van der Waals surface area contributed by atoms with Crippen LogP contribution in [0.3, 0.4) is 0 Å². The summed E-state index contributed by atoms with van der Waals surface area (Å²) in [6, 6.07) is 0. The summed E-state index contributed by atoms with van der Waals surface area (Å²) in [6.07, 6.45) is 0. The largest absolute Gasteiger partial charge is 0.329 e. The Morgan fingerprint density at radius 2 is 2.06 bits per heavy atom. The van der Waals surface area contributed by atoms with Crippen LogP contribution in [0.25, 0.3) is 0 Å². The molecule has 1 aromatic heterocycles. The lowest BCUT2D eigenvalue weighted by atomic mass is 10.1. The van der Waals surface area contributed by atoms with E-state index in [1.807, 2.05) is 0 Å². The van der Waals surface area contributed by atoms with Crippen molar-refractivity contribution in [1.82, 2.24) is 9.78 Å². The molecule has 0 saturated heterocycles. The van der Waals surface area contributed by atoms with E-state index in [1.54, 1.807) is 13.8 Å². The summed E-state index contributed by atoms with van der Waals surface area (Å²) in [4.78, 5) is 10.4. The zero-order chi connectivity index (χ0) is 14.1. The number of aromatic nitrogens is 2. The van der Waals surface area contributed by atoms with E-state index in [1.165, 1.54) is 7.05 Å². The predicted octanol–water partition coefficient (Wildman–Crippen LogP) is 1.46. The van der Waals surface area contributed by atoms with E-state index >= 15 is 0 Å². The molecule has 0 aromatic carbocycles. The maximum Gasteiger partial charge on any atom is 0.329 e. The second-order valence-corrected chi connectivity index (χ2v) is 6.48. The van der Waals surface area contributed by atoms with Gasteiger partial charge in [0.05, 0.1) is 10.7 Å². The van der Waals surface area contributed by atoms with Gasteiger partial charge in [-0.05, 0) is 0 Å². The first-order valence-electron chi connectivity index (χ1n) is 5.22. The molecule has 0 radical (unpaired) electrons. The van der Waals surface area contributed by atoms with Crippen LogP contribution in [0.2, 0.25) is 0 Å². The van der Waals surface area contributed by atoms with Gasteiger partial charge in [-0.25, -0.2) is 8.42 Å². The van der Waals surface area contributed by atoms with E-state index in [4.69, 9.17) is 11.6 Å². The van der Waals surface area contributed by atoms with Gasteiger partial charge in [0.1, 0.15) is 5.69 Å². The number of aryl methyl sites for hydroxylation is 1. The first-order chi connectivity index (χ1) is 8.22. The molecular formula is C9H14ClN3O4S. The lowest BCUT2D eigenvalue weighted by Gasteiger charge is -2.02. The number of hydrogen-bond donors (Lipinski definition) is 0. The van der Waals surface area contributed by atoms with Crippen LogP contribution in [0.5, 0.6) is 0 Å². The molecule has 0 saturated carbocycles. The molecule has 0 N–H and O–H groups in total. The Hall–Kier alpha value is -1.15. The van der Waals surface area contributed by atoms with Crippen LogP contribution in [-0.4, -0.2) is 34.8 Å². The van der Waals surface area contributed by atoms with Crippen LogP contribution in [0.15, 0.2) is 5.03 Å². The number of alkyl halides is 1. The fourth-order valence-electron chi connectivity index (χ4n) is 1.62. The van der Waals surface area contributed by atoms with Gasteiger partial charge >= 0.3 is 5.69 Å². The molecule has 9 heteroatoms. The second kappa shape index (κ2) is 5.23. The standard InChI is InChI=1S/C9H14ClN3O4S/c1-6(2)7-8(13(14)15)9(12(3)11-7)18(16,17)5-4-10/h6H,4-5H2,1-3H3. The third kappa shape index (κ3) is 2.64. The van der Waals surface area contributed by atoms with Crippen molar-refractivity contribution < 1.29 is 13.3 Å². The maximum atomic E-state index is 12.0. The first kappa shape index (κ1) is 14.9. The molecular weight excluding hydrogens is 282 g/mol. The minimum Gasteiger partial charge on any atom is -0.258 e. The topological polar surface area (TPSA) is 95.1 Å². The molecule has 0 aliphatic rings. The van der Waals surface area contributed by atoms with Crippen molar-refractivity contribution >= 4 is 27.1 Å². The third-order valence-electron chi connectivity index (χ3n) is 2.37. The van der Waals surface area contributed by atoms with Crippen LogP contribution in [0.1, 0.15) is 25.5 Å². The average molecular weight is 296 g/mol. The summed E-state index contributed by atoms with van der Waals surface area (Å²) in [7, 11) is -2.43. The highest BCUT2D eigenvalue weighted by Crippen LogP contribution is 2.32. The fourth-order valence-corrected chi connectivity index (χ4v) is 3.55. The van der Waals surface area contributed by atoms with Gasteiger partial charge in [0.25, 0.3) is 0 Å². The molecule has 1 heterocycles. The Morgan fingerprint density at radius 1 is 1.50 bits per heavy atom. The highest BCUT2D eigenvalue weighted by atomic mass is 35.5. The predicted molar refractivity (Wildman–Crippen MR) is 66.7 cm³/mol. The monoisotopic (exact) mass is 295 g/mol. The molecule has 0 bridgehead atoms. The van der Waals surface area contributed by atoms with E-state index in [0.29, 0.717) is 0 Å². The normalized spacial score (nSPS) is 12.1. The molecule has 18 heavy (non-hydrogen) atoms. The van der Waals surface area contributed by atoms with E-state index in [2.05, 4.69) is 5.10 Å². The Morgan fingerprint density at radius 3 is 2.44 bits per heavy atom. The molecule has 1 rings (SSSR count). The number of sulfone groups is 1. The Balaban J connectivity index is 3.59. The fraction of sp³-hybridized carbons (Fsp3) is 0.667. The SMILES string of the molecule is CC(C)c1nn(C)c(S(=O)(=O)CCCl)c1[N+](=O)[O-]. The number of hydrogen-bond acceptors (Lipinski definition) is 5. The number of rotatable bonds is 5. The van der Waals surface area contributed by atoms with Crippen LogP contribution < -0.4 is 0 Å². The van der Waals surface area contributed by atoms with Crippen LogP contribution in [0.4, 0.5) is 5.69 Å². The number of halogens is 1. The first-order valence-corrected chi connectivity index (χ1v) is 7.41. The van der Waals surface area contributed by atoms with Gasteiger partial charge in [0.15, 0.2) is 0 Å². The molecule has 0 unspecified atom stereocenters. The summed E-state index contributed by atoms with van der Waals surface area (Å²) >= 11 is 5.41. The van der Waals surface area contributed by atoms with E-state index < -0.39 is 20.4 Å². The molecule has 102 valence electrons. The summed E-state index contributed by atoms with van der Waals surface area (Å²) < 4.78 is 25.0. The van der Waals surface area contributed by atoms with Gasteiger partial charge in [-0.15, -0.1) is 11.6 Å². The van der Waals surface area contributed by atoms with Crippen LogP contribution in [-0.2, 0) is 16.9 Å². The van der Waals surface area contributed by atoms with E-state index in [9.17, 15) is 18.5 Å². The smallest absolute Gasteiger partial charge is 0.258 e. The van der Waals surface area contributed by atoms with Crippen molar-refractivity contribution in [2.45, 2.75) is 24.8 Å². The maximum absolute atomic E-state index is 12.0. The summed E-state index contributed by atoms with van der Waals surface area (Å²) in [5, 5.41) is 14.6. The van der Waals surface area contributed by atoms with Gasteiger partial charge in [-0.2, -0.15) is 5.10 Å². The Labute approximate surface area is 110 Å². The molecule has 0 aliphatic carbocycles. The molecule has 0 atom stereocenters. The van der Waals surface area contributed by atoms with Crippen LogP contribution >= 0.6 is 11.6 Å². The summed E-state index contributed by atoms with van der Waals surface area (Å²) in [5.41, 5.74) is -0.284. The Kier molecular flexibility index (Phi) is 4.33. The minimum absolute atomic E-state index is 0.123. The lowest BCUT2D eigenvalue weighted by Crippen LogP contribution is -2.14. The Bertz CT molecular complexity index is 565. The van der Waals surface area contributed by atoms with Crippen molar-refractivity contribution in [2.24, 2.45) is 7.05 Å². The van der Waals surface area contributed by atoms with E-state index in [0.717, 1.165) is 4.68 Å². The zero-order valence-electron chi connectivity index (χ0n) is 10.3. The van der Waals surface area contributed by atoms with Gasteiger partial charge < -0.3 is 0 Å². The number of nitrogens with zero attached hydrogens (tertiary/aromatic N) is 3. The average Bonchev–Trinajstić information content (AvgIpc) is 2.56. The lowest BCUT2D eigenvalue weighted by molar-refractivity contribution is -0.388. The van der Waals surface area contributed by atoms with Crippen molar-refractivity contribution in [1.29, 1.82) is 0 Å². The quantitative estimate of drug-likeness (QED) is 0.465. The second-order valence-electron chi connectivity index (χ2n) is 4.08. The third-order valence-corrected chi connectivity index (χ3v) is 4.57. The highest BCUT2D eigenvalue weighted by molar-refractivity contribution is 7.91. The molecule has 1 aromatic rings. The summed E-state index contributed by atoms with van der Waals surface area (Å²) in [6.45, 7) is 3.43. The molecule has 0 fully saturated rings. The van der Waals surface area contributed by atoms with Gasteiger partial charge in [0.2, 0.25) is 14.9 Å². The molecule has 0 amide bonds. The molecule has 7 nitrogen and oxygen atoms in total. The van der Waals surface area contributed by atoms with Gasteiger partial charge in [-0.1, -0.05) is 13.8 Å². The molecule has 0 aliphatic heterocycles. The summed E-state index contributed by atoms with van der Waals surface area (Å²) in [5.74, 6) is -0.717. The van der Waals surface area contributed by atoms with Crippen LogP contribution in [0, 0.1) is 10.1 Å². The van der Waals surface area contributed by atoms with Crippen molar-refractivity contribution in [3.05, 3.63) is 15.8 Å². The van der Waals surface area contributed by atoms with Crippen molar-refractivity contribution in [2.75, 3.05) is 11.6 Å². The van der Waals surface area contributed by atoms with E-state index in [-0.39, 0.29) is 28.3 Å². The molecule has 0 spiro atoms. The van der Waals surface area contributed by atoms with Gasteiger partial charge in [0, 0.05) is 18.8 Å². The zero-order valence-corrected chi connectivity index (χ0v) is 11.8.